The fraction of sp³-hybridized carbons (Fsp3) is 0.462. The van der Waals surface area contributed by atoms with Crippen LogP contribution in [0.5, 0.6) is 0 Å². The molecule has 2 aromatic rings. The molecule has 0 bridgehead atoms. The fourth-order valence-electron chi connectivity index (χ4n) is 5.58. The van der Waals surface area contributed by atoms with E-state index >= 15 is 0 Å². The van der Waals surface area contributed by atoms with Crippen molar-refractivity contribution in [3.63, 3.8) is 0 Å². The van der Waals surface area contributed by atoms with Crippen molar-refractivity contribution in [1.29, 1.82) is 0 Å². The van der Waals surface area contributed by atoms with Crippen LogP contribution in [0.2, 0.25) is 0 Å². The van der Waals surface area contributed by atoms with Crippen LogP contribution in [-0.2, 0) is 14.4 Å². The number of aromatic nitrogens is 1. The Kier molecular flexibility index (Phi) is 4.24. The van der Waals surface area contributed by atoms with E-state index in [1.54, 1.807) is 6.20 Å². The first kappa shape index (κ1) is 20.9. The first-order valence-electron chi connectivity index (χ1n) is 11.2. The van der Waals surface area contributed by atoms with Crippen LogP contribution in [0.3, 0.4) is 0 Å². The van der Waals surface area contributed by atoms with Crippen LogP contribution in [0, 0.1) is 17.3 Å². The molecule has 2 fully saturated rings. The predicted octanol–water partition coefficient (Wildman–Crippen LogP) is 3.83. The maximum Gasteiger partial charge on any atom is 0.236 e. The molecule has 0 radical (unpaired) electrons. The minimum Gasteiger partial charge on any atom is -0.351 e. The SMILES string of the molecule is CC(C)(C)C(=O)[C@@H]1[C@H]2C(=O)N(C(C)(C)C)C(=O)[C@@H]2[C@H]2C=Cc3ccc4cccnc4c3N21. The number of fused-ring (bicyclic) bond motifs is 7. The van der Waals surface area contributed by atoms with Crippen molar-refractivity contribution in [2.24, 2.45) is 17.3 Å². The number of pyridine rings is 1. The Labute approximate surface area is 188 Å². The molecule has 0 spiro atoms. The van der Waals surface area contributed by atoms with Gasteiger partial charge in [0.2, 0.25) is 11.8 Å². The molecule has 166 valence electrons. The molecule has 0 saturated carbocycles. The molecule has 3 aliphatic rings. The van der Waals surface area contributed by atoms with Gasteiger partial charge in [0.25, 0.3) is 0 Å². The van der Waals surface area contributed by atoms with Gasteiger partial charge in [-0.2, -0.15) is 0 Å². The van der Waals surface area contributed by atoms with Gasteiger partial charge >= 0.3 is 0 Å². The lowest BCUT2D eigenvalue weighted by molar-refractivity contribution is -0.146. The Morgan fingerprint density at radius 1 is 0.969 bits per heavy atom. The van der Waals surface area contributed by atoms with Gasteiger partial charge in [-0.05, 0) is 32.4 Å². The molecule has 0 unspecified atom stereocenters. The number of hydrogen-bond donors (Lipinski definition) is 0. The Morgan fingerprint density at radius 2 is 1.66 bits per heavy atom. The number of imide groups is 1. The predicted molar refractivity (Wildman–Crippen MR) is 124 cm³/mol. The molecule has 1 aromatic carbocycles. The molecule has 2 saturated heterocycles. The molecule has 1 aromatic heterocycles. The number of rotatable bonds is 1. The van der Waals surface area contributed by atoms with Crippen molar-refractivity contribution in [3.05, 3.63) is 42.1 Å². The third kappa shape index (κ3) is 2.71. The minimum absolute atomic E-state index is 0.0268. The van der Waals surface area contributed by atoms with E-state index in [0.29, 0.717) is 0 Å². The Balaban J connectivity index is 1.76. The molecule has 0 aliphatic carbocycles. The molecular weight excluding hydrogens is 402 g/mol. The summed E-state index contributed by atoms with van der Waals surface area (Å²) in [6.45, 7) is 11.2. The first-order valence-corrected chi connectivity index (χ1v) is 11.2. The van der Waals surface area contributed by atoms with Crippen molar-refractivity contribution < 1.29 is 14.4 Å². The summed E-state index contributed by atoms with van der Waals surface area (Å²) in [5, 5.41) is 0.966. The minimum atomic E-state index is -0.717. The highest BCUT2D eigenvalue weighted by Gasteiger charge is 2.66. The van der Waals surface area contributed by atoms with E-state index in [1.165, 1.54) is 4.90 Å². The van der Waals surface area contributed by atoms with Gasteiger partial charge in [0.05, 0.1) is 29.1 Å². The summed E-state index contributed by atoms with van der Waals surface area (Å²) < 4.78 is 0. The van der Waals surface area contributed by atoms with Crippen molar-refractivity contribution in [2.75, 3.05) is 4.90 Å². The quantitative estimate of drug-likeness (QED) is 0.642. The van der Waals surface area contributed by atoms with E-state index < -0.39 is 28.8 Å². The van der Waals surface area contributed by atoms with E-state index in [2.05, 4.69) is 4.98 Å². The summed E-state index contributed by atoms with van der Waals surface area (Å²) in [7, 11) is 0. The summed E-state index contributed by atoms with van der Waals surface area (Å²) in [6, 6.07) is 6.83. The topological polar surface area (TPSA) is 70.6 Å². The lowest BCUT2D eigenvalue weighted by Crippen LogP contribution is -2.54. The van der Waals surface area contributed by atoms with Gasteiger partial charge in [0, 0.05) is 22.5 Å². The zero-order valence-electron chi connectivity index (χ0n) is 19.4. The van der Waals surface area contributed by atoms with Gasteiger partial charge in [0.1, 0.15) is 6.04 Å². The van der Waals surface area contributed by atoms with Gasteiger partial charge in [-0.25, -0.2) is 0 Å². The van der Waals surface area contributed by atoms with E-state index in [1.807, 2.05) is 82.9 Å². The highest BCUT2D eigenvalue weighted by molar-refractivity contribution is 6.13. The van der Waals surface area contributed by atoms with E-state index in [9.17, 15) is 14.4 Å². The number of ketones is 1. The number of nitrogens with zero attached hydrogens (tertiary/aromatic N) is 3. The highest BCUT2D eigenvalue weighted by Crippen LogP contribution is 2.52. The van der Waals surface area contributed by atoms with Gasteiger partial charge in [-0.15, -0.1) is 0 Å². The summed E-state index contributed by atoms with van der Waals surface area (Å²) in [5.74, 6) is -1.74. The van der Waals surface area contributed by atoms with Gasteiger partial charge in [0.15, 0.2) is 5.78 Å². The van der Waals surface area contributed by atoms with E-state index in [4.69, 9.17) is 0 Å². The zero-order valence-corrected chi connectivity index (χ0v) is 19.4. The summed E-state index contributed by atoms with van der Waals surface area (Å²) in [5.41, 5.74) is 1.28. The van der Waals surface area contributed by atoms with E-state index in [0.717, 1.165) is 22.2 Å². The van der Waals surface area contributed by atoms with Crippen LogP contribution >= 0.6 is 0 Å². The second kappa shape index (κ2) is 6.50. The molecule has 2 amide bonds. The molecule has 32 heavy (non-hydrogen) atoms. The number of amides is 2. The summed E-state index contributed by atoms with van der Waals surface area (Å²) in [6.07, 6.45) is 5.73. The van der Waals surface area contributed by atoms with E-state index in [-0.39, 0.29) is 23.6 Å². The smallest absolute Gasteiger partial charge is 0.236 e. The Bertz CT molecular complexity index is 1200. The third-order valence-electron chi connectivity index (χ3n) is 6.92. The molecule has 6 heteroatoms. The first-order chi connectivity index (χ1) is 14.9. The fourth-order valence-corrected chi connectivity index (χ4v) is 5.58. The van der Waals surface area contributed by atoms with Crippen molar-refractivity contribution >= 4 is 40.3 Å². The lowest BCUT2D eigenvalue weighted by atomic mass is 9.79. The molecule has 4 heterocycles. The maximum absolute atomic E-state index is 13.9. The lowest BCUT2D eigenvalue weighted by Gasteiger charge is -2.40. The van der Waals surface area contributed by atoms with Crippen molar-refractivity contribution in [1.82, 2.24) is 9.88 Å². The normalized spacial score (nSPS) is 27.1. The van der Waals surface area contributed by atoms with Gasteiger partial charge < -0.3 is 4.90 Å². The number of carbonyl (C=O) groups excluding carboxylic acids is 3. The molecule has 5 rings (SSSR count). The van der Waals surface area contributed by atoms with Crippen LogP contribution in [-0.4, -0.2) is 45.1 Å². The number of Topliss-reactive ketones (excluding diaryl/α,β-unsaturated/α-hetero) is 1. The molecular formula is C26H29N3O3. The van der Waals surface area contributed by atoms with Gasteiger partial charge in [-0.3, -0.25) is 24.3 Å². The standard InChI is InChI=1S/C26H29N3O3/c1-25(2,3)22(30)21-18-17(23(31)29(24(18)32)26(4,5)6)16-12-11-15-10-9-14-8-7-13-27-19(14)20(15)28(16)21/h7-13,16-18,21H,1-6H3/t16-,17-,18+,21+/m1/s1. The zero-order chi connectivity index (χ0) is 23.2. The number of anilines is 1. The Hall–Kier alpha value is -3.02. The number of hydrogen-bond acceptors (Lipinski definition) is 5. The molecule has 4 atom stereocenters. The average molecular weight is 432 g/mol. The highest BCUT2D eigenvalue weighted by atomic mass is 16.2. The molecule has 3 aliphatic heterocycles. The maximum atomic E-state index is 13.9. The van der Waals surface area contributed by atoms with Gasteiger partial charge in [-0.1, -0.05) is 51.1 Å². The van der Waals surface area contributed by atoms with Crippen molar-refractivity contribution in [2.45, 2.75) is 59.2 Å². The van der Waals surface area contributed by atoms with Crippen LogP contribution in [0.4, 0.5) is 5.69 Å². The number of likely N-dealkylation sites (tertiary alicyclic amines) is 1. The van der Waals surface area contributed by atoms with Crippen molar-refractivity contribution in [3.8, 4) is 0 Å². The monoisotopic (exact) mass is 431 g/mol. The molecule has 0 N–H and O–H groups in total. The molecule has 6 nitrogen and oxygen atoms in total. The third-order valence-corrected chi connectivity index (χ3v) is 6.92. The van der Waals surface area contributed by atoms with Crippen LogP contribution in [0.25, 0.3) is 17.0 Å². The summed E-state index contributed by atoms with van der Waals surface area (Å²) in [4.78, 5) is 49.2. The Morgan fingerprint density at radius 3 is 2.31 bits per heavy atom. The van der Waals surface area contributed by atoms with Crippen LogP contribution in [0.15, 0.2) is 36.5 Å². The largest absolute Gasteiger partial charge is 0.351 e. The van der Waals surface area contributed by atoms with Crippen LogP contribution < -0.4 is 4.90 Å². The summed E-state index contributed by atoms with van der Waals surface area (Å²) >= 11 is 0. The van der Waals surface area contributed by atoms with Crippen LogP contribution in [0.1, 0.15) is 47.1 Å². The number of benzene rings is 1. The number of carbonyl (C=O) groups is 3. The average Bonchev–Trinajstić information content (AvgIpc) is 3.18. The second-order valence-electron chi connectivity index (χ2n) is 11.1. The second-order valence-corrected chi connectivity index (χ2v) is 11.1.